The van der Waals surface area contributed by atoms with Gasteiger partial charge >= 0.3 is 24.2 Å². The Bertz CT molecular complexity index is 3930. The summed E-state index contributed by atoms with van der Waals surface area (Å²) in [6, 6.07) is 37.8. The van der Waals surface area contributed by atoms with Gasteiger partial charge in [-0.25, -0.2) is 34.1 Å². The number of amides is 6. The molecule has 0 fully saturated rings. The Labute approximate surface area is 699 Å². The number of urea groups is 2. The van der Waals surface area contributed by atoms with Crippen LogP contribution in [0.2, 0.25) is 0 Å². The van der Waals surface area contributed by atoms with Gasteiger partial charge in [-0.2, -0.15) is 0 Å². The number of aryl methyl sites for hydroxylation is 1. The molecule has 108 heavy (non-hydrogen) atoms. The second kappa shape index (κ2) is 52.3. The second-order valence-electron chi connectivity index (χ2n) is 26.5. The minimum absolute atomic E-state index is 0. The summed E-state index contributed by atoms with van der Waals surface area (Å²) < 4.78 is 15.7. The van der Waals surface area contributed by atoms with Crippen molar-refractivity contribution in [3.05, 3.63) is 228 Å². The maximum atomic E-state index is 14.2. The van der Waals surface area contributed by atoms with Crippen LogP contribution in [0.3, 0.4) is 0 Å². The Balaban J connectivity index is 0.000000430. The summed E-state index contributed by atoms with van der Waals surface area (Å²) in [6.45, 7) is 10.2. The smallest absolute Gasteiger partial charge is 0.407 e. The number of hydrogen-bond donors (Lipinski definition) is 6. The fraction of sp³-hybridized carbons (Fsp3) is 0.430. The summed E-state index contributed by atoms with van der Waals surface area (Å²) in [5.74, 6) is 0.492. The Morgan fingerprint density at radius 3 is 1.25 bits per heavy atom. The molecule has 6 atom stereocenters. The third kappa shape index (κ3) is 35.4. The first-order valence-electron chi connectivity index (χ1n) is 35.5. The number of nitrogens with one attached hydrogen (secondary N) is 5. The molecule has 0 saturated carbocycles. The maximum Gasteiger partial charge on any atom is 0.407 e. The number of carbonyl (C=O) groups is 6. The Morgan fingerprint density at radius 2 is 0.917 bits per heavy atom. The van der Waals surface area contributed by atoms with E-state index < -0.39 is 24.3 Å². The first-order chi connectivity index (χ1) is 50.8. The van der Waals surface area contributed by atoms with Crippen LogP contribution in [0.5, 0.6) is 0 Å². The van der Waals surface area contributed by atoms with Crippen molar-refractivity contribution in [2.75, 3.05) is 27.7 Å². The molecule has 9 rings (SSSR count). The molecule has 7 N–H and O–H groups in total. The fourth-order valence-electron chi connectivity index (χ4n) is 11.7. The number of rotatable bonds is 39. The number of ketones is 2. The predicted octanol–water partition coefficient (Wildman–Crippen LogP) is 16.2. The number of halogens is 2. The van der Waals surface area contributed by atoms with Crippen molar-refractivity contribution in [3.63, 3.8) is 0 Å². The van der Waals surface area contributed by atoms with Crippen molar-refractivity contribution in [1.29, 1.82) is 0 Å². The Hall–Kier alpha value is -6.90. The van der Waals surface area contributed by atoms with Gasteiger partial charge in [0.05, 0.1) is 73.7 Å². The molecule has 0 unspecified atom stereocenters. The summed E-state index contributed by atoms with van der Waals surface area (Å²) in [5.41, 5.74) is 15.4. The van der Waals surface area contributed by atoms with E-state index in [4.69, 9.17) is 15.2 Å². The number of imidazole rings is 1. The van der Waals surface area contributed by atoms with Crippen molar-refractivity contribution < 1.29 is 59.3 Å². The van der Waals surface area contributed by atoms with Gasteiger partial charge in [0.2, 0.25) is 0 Å². The van der Waals surface area contributed by atoms with Crippen LogP contribution in [0.4, 0.5) is 19.2 Å². The summed E-state index contributed by atoms with van der Waals surface area (Å²) in [6.07, 6.45) is 14.2. The molecular weight excluding hydrogens is 1840 g/mol. The van der Waals surface area contributed by atoms with Gasteiger partial charge in [-0.05, 0) is 112 Å². The van der Waals surface area contributed by atoms with E-state index in [9.17, 15) is 28.8 Å². The third-order valence-electron chi connectivity index (χ3n) is 17.2. The van der Waals surface area contributed by atoms with E-state index in [1.54, 1.807) is 82.5 Å². The van der Waals surface area contributed by atoms with E-state index in [0.29, 0.717) is 95.7 Å². The van der Waals surface area contributed by atoms with Gasteiger partial charge in [0.25, 0.3) is 0 Å². The zero-order chi connectivity index (χ0) is 75.1. The molecule has 0 aliphatic heterocycles. The van der Waals surface area contributed by atoms with Crippen LogP contribution in [-0.4, -0.2) is 127 Å². The van der Waals surface area contributed by atoms with E-state index in [-0.39, 0.29) is 133 Å². The number of benzene rings is 4. The molecule has 29 heteroatoms. The summed E-state index contributed by atoms with van der Waals surface area (Å²) in [5, 5.41) is 18.1. The minimum atomic E-state index is -0.708. The van der Waals surface area contributed by atoms with Crippen molar-refractivity contribution in [2.45, 2.75) is 181 Å². The van der Waals surface area contributed by atoms with Crippen molar-refractivity contribution >= 4 is 128 Å². The molecule has 0 radical (unpaired) electrons. The van der Waals surface area contributed by atoms with Gasteiger partial charge in [0, 0.05) is 137 Å². The summed E-state index contributed by atoms with van der Waals surface area (Å²) >= 11 is 8.08. The molecule has 5 aromatic heterocycles. The number of carbonyl (C=O) groups excluding carboxylic acids is 6. The van der Waals surface area contributed by atoms with Crippen LogP contribution < -0.4 is 30.5 Å². The van der Waals surface area contributed by atoms with E-state index in [1.807, 2.05) is 148 Å². The van der Waals surface area contributed by atoms with E-state index >= 15 is 0 Å². The molecule has 584 valence electrons. The maximum absolute atomic E-state index is 14.2. The van der Waals surface area contributed by atoms with Crippen LogP contribution in [0.15, 0.2) is 174 Å². The largest absolute Gasteiger partial charge is 0.444 e. The molecular formula is C79H106I2N14O8S4W. The van der Waals surface area contributed by atoms with Gasteiger partial charge in [-0.3, -0.25) is 23.1 Å². The third-order valence-corrected chi connectivity index (χ3v) is 21.1. The first kappa shape index (κ1) is 93.5. The van der Waals surface area contributed by atoms with Gasteiger partial charge in [0.1, 0.15) is 13.2 Å². The number of thiazole rings is 4. The SMILES string of the molecule is C.CC(C)c1nc(CN(C)C(=O)N[C@@H](CCN)C(=O)C[C@@H](CC[C@@H](Cc2ccccc2)NC(=O)OCc2cncs2)Cc2ccccc2)cs1.CC(C)c1nc(CN(C)C(=O)N[C@@H](CCn2ccnc2)C(=O)C[C@@H](CC[C@@H](Cc2ccccc2)NC(=O)OCc2cncs2)Cc2ccccc2)cs1.CNI.I.[W]. The number of nitrogens with two attached hydrogens (primary N) is 1. The molecule has 22 nitrogen and oxygen atoms in total. The monoisotopic (exact) mass is 1940 g/mol. The molecule has 0 aliphatic rings. The number of hydrogen-bond acceptors (Lipinski definition) is 19. The number of Topliss-reactive ketones (excluding diaryl/α,β-unsaturated/α-hetero) is 2. The van der Waals surface area contributed by atoms with E-state index in [0.717, 1.165) is 53.4 Å². The molecule has 0 saturated heterocycles. The average molecular weight is 1950 g/mol. The van der Waals surface area contributed by atoms with Crippen LogP contribution in [0.1, 0.15) is 152 Å². The van der Waals surface area contributed by atoms with Gasteiger partial charge in [-0.1, -0.05) is 156 Å². The van der Waals surface area contributed by atoms with E-state index in [2.05, 4.69) is 102 Å². The summed E-state index contributed by atoms with van der Waals surface area (Å²) in [4.78, 5) is 107. The zero-order valence-corrected chi connectivity index (χ0v) is 72.5. The number of ether oxygens (including phenoxy) is 2. The normalized spacial score (nSPS) is 12.4. The van der Waals surface area contributed by atoms with Crippen LogP contribution in [-0.2, 0) is 98.7 Å². The topological polar surface area (TPSA) is 283 Å². The van der Waals surface area contributed by atoms with Crippen molar-refractivity contribution in [1.82, 2.24) is 64.1 Å². The molecule has 6 amide bonds. The van der Waals surface area contributed by atoms with Gasteiger partial charge in [0.15, 0.2) is 11.6 Å². The predicted molar refractivity (Wildman–Crippen MR) is 449 cm³/mol. The second-order valence-corrected chi connectivity index (χ2v) is 31.3. The number of alkyl carbamates (subject to hydrolysis) is 2. The molecule has 0 bridgehead atoms. The Kier molecular flexibility index (Phi) is 45.3. The fourth-order valence-corrected chi connectivity index (χ4v) is 14.4. The molecule has 5 heterocycles. The minimum Gasteiger partial charge on any atom is -0.444 e. The van der Waals surface area contributed by atoms with Crippen LogP contribution in [0, 0.1) is 11.8 Å². The number of nitrogens with zero attached hydrogens (tertiary/aromatic N) is 8. The average Bonchev–Trinajstić information content (AvgIpc) is 1.43. The van der Waals surface area contributed by atoms with Gasteiger partial charge < -0.3 is 50.8 Å². The van der Waals surface area contributed by atoms with Crippen LogP contribution in [0.25, 0.3) is 0 Å². The van der Waals surface area contributed by atoms with Crippen molar-refractivity contribution in [3.8, 4) is 0 Å². The van der Waals surface area contributed by atoms with Crippen molar-refractivity contribution in [2.24, 2.45) is 17.6 Å². The molecule has 0 spiro atoms. The summed E-state index contributed by atoms with van der Waals surface area (Å²) in [7, 11) is 5.29. The standard InChI is InChI=1S/C40H49N7O4S2.C37H48N6O4S2.CH4IN.CH4.HI.W/c1-29(2)38-43-34(26-52-38)24-46(3)39(49)45-36(16-18-47-19-17-41-27-47)37(48)22-32(20-30-10-6-4-7-11-30)14-15-33(21-31-12-8-5-9-13-31)44-40(50)51-25-35-23-42-28-53-35;1-26(2)35-40-31(24-48-35)22-43(3)36(45)42-33(16-17-38)34(44)20-29(18-27-10-6-4-7-11-27)14-15-30(19-28-12-8-5-9-13-28)41-37(46)47-23-32-21-39-25-49-32;1-3-2;;;/h4-13,17,19,23,26-29,32-33,36H,14-16,18,20-22,24-25H2,1-3H3,(H,44,50)(H,45,49);4-13,21,24-26,29-30,33H,14-20,22-23,38H2,1-3H3,(H,41,46)(H,42,45);3H,1H3;1H4;1H;/t32-,33-,36-;29-,30-,33-;;;;/m00..../s1. The first-order valence-corrected chi connectivity index (χ1v) is 40.1. The number of aromatic nitrogens is 6. The van der Waals surface area contributed by atoms with Crippen LogP contribution >= 0.6 is 92.2 Å². The quantitative estimate of drug-likeness (QED) is 0.0154. The zero-order valence-electron chi connectivity index (χ0n) is 61.8. The molecule has 9 aromatic rings. The van der Waals surface area contributed by atoms with E-state index in [1.165, 1.54) is 22.7 Å². The Morgan fingerprint density at radius 1 is 0.537 bits per heavy atom. The molecule has 4 aromatic carbocycles. The molecule has 0 aliphatic carbocycles. The van der Waals surface area contributed by atoms with Gasteiger partial charge in [-0.15, -0.1) is 69.3 Å².